The first-order chi connectivity index (χ1) is 10.1. The summed E-state index contributed by atoms with van der Waals surface area (Å²) >= 11 is 0. The molecule has 0 amide bonds. The van der Waals surface area contributed by atoms with E-state index < -0.39 is 0 Å². The molecule has 0 heterocycles. The highest BCUT2D eigenvalue weighted by molar-refractivity contribution is 5.43. The van der Waals surface area contributed by atoms with Crippen LogP contribution in [0.25, 0.3) is 0 Å². The van der Waals surface area contributed by atoms with Gasteiger partial charge in [-0.25, -0.2) is 0 Å². The Bertz CT molecular complexity index is 637. The number of nitrogens with one attached hydrogen (secondary N) is 1. The number of rotatable bonds is 4. The zero-order valence-electron chi connectivity index (χ0n) is 13.1. The second kappa shape index (κ2) is 5.63. The largest absolute Gasteiger partial charge is 0.271 e. The van der Waals surface area contributed by atoms with E-state index in [0.29, 0.717) is 12.0 Å². The fourth-order valence-electron chi connectivity index (χ4n) is 3.73. The molecule has 21 heavy (non-hydrogen) atoms. The van der Waals surface area contributed by atoms with E-state index in [1.165, 1.54) is 33.4 Å². The van der Waals surface area contributed by atoms with Crippen molar-refractivity contribution in [2.45, 2.75) is 45.6 Å². The Labute approximate surface area is 127 Å². The SMILES string of the molecule is Cc1cc(C)c(CC(NN)C2Cc3ccccc32)c(C)c1. The maximum absolute atomic E-state index is 5.87. The van der Waals surface area contributed by atoms with Gasteiger partial charge in [-0.3, -0.25) is 11.3 Å². The molecule has 2 heteroatoms. The number of nitrogens with two attached hydrogens (primary N) is 1. The third-order valence-electron chi connectivity index (χ3n) is 4.86. The molecule has 2 unspecified atom stereocenters. The molecule has 2 atom stereocenters. The van der Waals surface area contributed by atoms with Crippen LogP contribution in [-0.4, -0.2) is 6.04 Å². The van der Waals surface area contributed by atoms with Gasteiger partial charge in [-0.1, -0.05) is 42.0 Å². The average molecular weight is 280 g/mol. The molecule has 0 aromatic heterocycles. The predicted octanol–water partition coefficient (Wildman–Crippen LogP) is 3.33. The Hall–Kier alpha value is -1.64. The van der Waals surface area contributed by atoms with Gasteiger partial charge in [0.25, 0.3) is 0 Å². The van der Waals surface area contributed by atoms with Gasteiger partial charge in [-0.05, 0) is 61.4 Å². The van der Waals surface area contributed by atoms with Gasteiger partial charge in [-0.2, -0.15) is 0 Å². The molecule has 0 aliphatic heterocycles. The minimum atomic E-state index is 0.306. The van der Waals surface area contributed by atoms with Crippen molar-refractivity contribution in [1.82, 2.24) is 5.43 Å². The van der Waals surface area contributed by atoms with E-state index in [1.807, 2.05) is 0 Å². The third kappa shape index (κ3) is 2.61. The van der Waals surface area contributed by atoms with E-state index >= 15 is 0 Å². The van der Waals surface area contributed by atoms with E-state index in [-0.39, 0.29) is 0 Å². The van der Waals surface area contributed by atoms with Crippen molar-refractivity contribution in [3.05, 3.63) is 69.8 Å². The van der Waals surface area contributed by atoms with Gasteiger partial charge in [0, 0.05) is 12.0 Å². The fourth-order valence-corrected chi connectivity index (χ4v) is 3.73. The Morgan fingerprint density at radius 1 is 1.14 bits per heavy atom. The summed E-state index contributed by atoms with van der Waals surface area (Å²) in [6.45, 7) is 6.57. The van der Waals surface area contributed by atoms with Crippen molar-refractivity contribution >= 4 is 0 Å². The lowest BCUT2D eigenvalue weighted by atomic mass is 9.72. The highest BCUT2D eigenvalue weighted by atomic mass is 15.2. The molecular weight excluding hydrogens is 256 g/mol. The normalized spacial score (nSPS) is 18.0. The summed E-state index contributed by atoms with van der Waals surface area (Å²) in [4.78, 5) is 0. The third-order valence-corrected chi connectivity index (χ3v) is 4.86. The fraction of sp³-hybridized carbons (Fsp3) is 0.368. The molecule has 1 aliphatic rings. The minimum Gasteiger partial charge on any atom is -0.271 e. The van der Waals surface area contributed by atoms with Crippen LogP contribution in [0.2, 0.25) is 0 Å². The van der Waals surface area contributed by atoms with E-state index in [4.69, 9.17) is 5.84 Å². The van der Waals surface area contributed by atoms with Crippen LogP contribution in [0.4, 0.5) is 0 Å². The summed E-state index contributed by atoms with van der Waals surface area (Å²) in [6.07, 6.45) is 2.13. The molecule has 0 saturated carbocycles. The summed E-state index contributed by atoms with van der Waals surface area (Å²) in [6, 6.07) is 13.6. The molecule has 2 aromatic rings. The standard InChI is InChI=1S/C19H24N2/c1-12-8-13(2)17(14(3)9-12)11-19(21-20)18-10-15-6-4-5-7-16(15)18/h4-9,18-19,21H,10-11,20H2,1-3H3. The zero-order chi connectivity index (χ0) is 15.0. The molecular formula is C19H24N2. The van der Waals surface area contributed by atoms with Crippen molar-refractivity contribution < 1.29 is 0 Å². The van der Waals surface area contributed by atoms with Gasteiger partial charge in [0.05, 0.1) is 0 Å². The summed E-state index contributed by atoms with van der Waals surface area (Å²) in [7, 11) is 0. The van der Waals surface area contributed by atoms with Gasteiger partial charge < -0.3 is 0 Å². The first-order valence-corrected chi connectivity index (χ1v) is 7.71. The molecule has 3 rings (SSSR count). The number of hydrogen-bond donors (Lipinski definition) is 2. The van der Waals surface area contributed by atoms with Crippen LogP contribution in [0.5, 0.6) is 0 Å². The van der Waals surface area contributed by atoms with Gasteiger partial charge in [-0.15, -0.1) is 0 Å². The maximum atomic E-state index is 5.87. The Kier molecular flexibility index (Phi) is 3.83. The molecule has 110 valence electrons. The lowest BCUT2D eigenvalue weighted by Crippen LogP contribution is -2.45. The first kappa shape index (κ1) is 14.3. The second-order valence-electron chi connectivity index (χ2n) is 6.36. The second-order valence-corrected chi connectivity index (χ2v) is 6.36. The van der Waals surface area contributed by atoms with Crippen molar-refractivity contribution in [1.29, 1.82) is 0 Å². The highest BCUT2D eigenvalue weighted by Crippen LogP contribution is 2.38. The average Bonchev–Trinajstić information content (AvgIpc) is 2.41. The van der Waals surface area contributed by atoms with Crippen molar-refractivity contribution in [3.63, 3.8) is 0 Å². The number of benzene rings is 2. The maximum Gasteiger partial charge on any atom is 0.0323 e. The van der Waals surface area contributed by atoms with Crippen LogP contribution in [0.15, 0.2) is 36.4 Å². The molecule has 0 bridgehead atoms. The lowest BCUT2D eigenvalue weighted by Gasteiger charge is -2.36. The molecule has 2 nitrogen and oxygen atoms in total. The van der Waals surface area contributed by atoms with Crippen LogP contribution >= 0.6 is 0 Å². The van der Waals surface area contributed by atoms with Crippen LogP contribution in [0, 0.1) is 20.8 Å². The number of aryl methyl sites for hydroxylation is 3. The highest BCUT2D eigenvalue weighted by Gasteiger charge is 2.32. The zero-order valence-corrected chi connectivity index (χ0v) is 13.1. The van der Waals surface area contributed by atoms with Crippen LogP contribution in [0.3, 0.4) is 0 Å². The van der Waals surface area contributed by atoms with E-state index in [9.17, 15) is 0 Å². The molecule has 0 radical (unpaired) electrons. The summed E-state index contributed by atoms with van der Waals surface area (Å²) in [5.41, 5.74) is 11.5. The van der Waals surface area contributed by atoms with Crippen molar-refractivity contribution in [2.75, 3.05) is 0 Å². The van der Waals surface area contributed by atoms with Gasteiger partial charge in [0.2, 0.25) is 0 Å². The van der Waals surface area contributed by atoms with Crippen LogP contribution in [0.1, 0.15) is 39.3 Å². The van der Waals surface area contributed by atoms with Crippen molar-refractivity contribution in [3.8, 4) is 0 Å². The minimum absolute atomic E-state index is 0.306. The topological polar surface area (TPSA) is 38.0 Å². The quantitative estimate of drug-likeness (QED) is 0.666. The van der Waals surface area contributed by atoms with Crippen molar-refractivity contribution in [2.24, 2.45) is 5.84 Å². The smallest absolute Gasteiger partial charge is 0.0323 e. The molecule has 3 N–H and O–H groups in total. The summed E-state index contributed by atoms with van der Waals surface area (Å²) < 4.78 is 0. The van der Waals surface area contributed by atoms with E-state index in [0.717, 1.165) is 12.8 Å². The summed E-state index contributed by atoms with van der Waals surface area (Å²) in [5, 5.41) is 0. The molecule has 2 aromatic carbocycles. The summed E-state index contributed by atoms with van der Waals surface area (Å²) in [5.74, 6) is 6.40. The Morgan fingerprint density at radius 3 is 2.43 bits per heavy atom. The van der Waals surface area contributed by atoms with Gasteiger partial charge in [0.1, 0.15) is 0 Å². The Morgan fingerprint density at radius 2 is 1.81 bits per heavy atom. The van der Waals surface area contributed by atoms with Crippen LogP contribution < -0.4 is 11.3 Å². The number of hydrogen-bond acceptors (Lipinski definition) is 2. The van der Waals surface area contributed by atoms with E-state index in [1.54, 1.807) is 0 Å². The van der Waals surface area contributed by atoms with Gasteiger partial charge >= 0.3 is 0 Å². The predicted molar refractivity (Wildman–Crippen MR) is 88.4 cm³/mol. The first-order valence-electron chi connectivity index (χ1n) is 7.71. The number of hydrazine groups is 1. The van der Waals surface area contributed by atoms with Crippen LogP contribution in [-0.2, 0) is 12.8 Å². The molecule has 1 aliphatic carbocycles. The molecule has 0 spiro atoms. The van der Waals surface area contributed by atoms with Gasteiger partial charge in [0.15, 0.2) is 0 Å². The molecule has 0 fully saturated rings. The monoisotopic (exact) mass is 280 g/mol. The Balaban J connectivity index is 1.84. The molecule has 0 saturated heterocycles. The lowest BCUT2D eigenvalue weighted by molar-refractivity contribution is 0.403. The number of fused-ring (bicyclic) bond motifs is 1. The van der Waals surface area contributed by atoms with E-state index in [2.05, 4.69) is 62.6 Å².